The van der Waals surface area contributed by atoms with E-state index in [2.05, 4.69) is 10.1 Å². The summed E-state index contributed by atoms with van der Waals surface area (Å²) in [6, 6.07) is 4.12. The van der Waals surface area contributed by atoms with E-state index >= 15 is 0 Å². The molecule has 0 atom stereocenters. The number of ether oxygens (including phenoxy) is 2. The second kappa shape index (κ2) is 5.34. The van der Waals surface area contributed by atoms with Gasteiger partial charge in [-0.2, -0.15) is 4.98 Å². The molecule has 112 valence electrons. The normalized spacial score (nSPS) is 17.8. The fraction of sp³-hybridized carbons (Fsp3) is 0.429. The molecule has 0 unspecified atom stereocenters. The summed E-state index contributed by atoms with van der Waals surface area (Å²) in [5.74, 6) is 0.531. The summed E-state index contributed by atoms with van der Waals surface area (Å²) < 4.78 is 16.1. The van der Waals surface area contributed by atoms with Crippen molar-refractivity contribution in [2.75, 3.05) is 20.3 Å². The van der Waals surface area contributed by atoms with Crippen molar-refractivity contribution in [3.8, 4) is 23.0 Å². The number of aromatic hydroxyl groups is 2. The molecule has 3 rings (SSSR count). The lowest BCUT2D eigenvalue weighted by Crippen LogP contribution is -2.36. The Kier molecular flexibility index (Phi) is 3.52. The number of aromatic nitrogens is 2. The van der Waals surface area contributed by atoms with Crippen LogP contribution in [0.1, 0.15) is 18.7 Å². The van der Waals surface area contributed by atoms with E-state index in [0.717, 1.165) is 0 Å². The first-order chi connectivity index (χ1) is 10.1. The molecule has 0 spiro atoms. The number of benzene rings is 1. The Bertz CT molecular complexity index is 634. The summed E-state index contributed by atoms with van der Waals surface area (Å²) in [7, 11) is 1.60. The Morgan fingerprint density at radius 3 is 2.71 bits per heavy atom. The van der Waals surface area contributed by atoms with E-state index in [4.69, 9.17) is 14.0 Å². The van der Waals surface area contributed by atoms with E-state index in [-0.39, 0.29) is 23.0 Å². The summed E-state index contributed by atoms with van der Waals surface area (Å²) in [5, 5.41) is 23.3. The number of hydrogen-bond donors (Lipinski definition) is 2. The summed E-state index contributed by atoms with van der Waals surface area (Å²) in [6.07, 6.45) is 1.27. The monoisotopic (exact) mass is 292 g/mol. The maximum atomic E-state index is 9.84. The minimum Gasteiger partial charge on any atom is -0.508 e. The molecule has 1 fully saturated rings. The van der Waals surface area contributed by atoms with E-state index in [1.165, 1.54) is 18.2 Å². The molecule has 0 amide bonds. The number of rotatable bonds is 3. The fourth-order valence-electron chi connectivity index (χ4n) is 2.43. The van der Waals surface area contributed by atoms with Crippen molar-refractivity contribution in [2.24, 2.45) is 0 Å². The molecule has 21 heavy (non-hydrogen) atoms. The summed E-state index contributed by atoms with van der Waals surface area (Å²) in [4.78, 5) is 4.32. The van der Waals surface area contributed by atoms with E-state index in [1.54, 1.807) is 7.11 Å². The standard InChI is InChI=1S/C14H16N2O5/c1-19-14(4-6-20-7-5-14)13-15-12(21-16-13)10-8-9(17)2-3-11(10)18/h2-3,8,17-18H,4-7H2,1H3. The van der Waals surface area contributed by atoms with Crippen LogP contribution in [0, 0.1) is 0 Å². The second-order valence-electron chi connectivity index (χ2n) is 4.94. The van der Waals surface area contributed by atoms with Crippen LogP contribution in [-0.2, 0) is 15.1 Å². The number of nitrogens with zero attached hydrogens (tertiary/aromatic N) is 2. The minimum absolute atomic E-state index is 0.00933. The van der Waals surface area contributed by atoms with Crippen LogP contribution < -0.4 is 0 Å². The Morgan fingerprint density at radius 2 is 2.00 bits per heavy atom. The van der Waals surface area contributed by atoms with Gasteiger partial charge < -0.3 is 24.2 Å². The Hall–Kier alpha value is -2.12. The lowest BCUT2D eigenvalue weighted by Gasteiger charge is -2.32. The molecule has 1 aliphatic heterocycles. The first-order valence-corrected chi connectivity index (χ1v) is 6.64. The van der Waals surface area contributed by atoms with Gasteiger partial charge in [-0.25, -0.2) is 0 Å². The van der Waals surface area contributed by atoms with Gasteiger partial charge in [-0.3, -0.25) is 0 Å². The van der Waals surface area contributed by atoms with Crippen molar-refractivity contribution in [1.82, 2.24) is 10.1 Å². The quantitative estimate of drug-likeness (QED) is 0.832. The predicted molar refractivity (Wildman–Crippen MR) is 71.8 cm³/mol. The lowest BCUT2D eigenvalue weighted by molar-refractivity contribution is -0.101. The van der Waals surface area contributed by atoms with Crippen molar-refractivity contribution in [2.45, 2.75) is 18.4 Å². The molecule has 0 radical (unpaired) electrons. The summed E-state index contributed by atoms with van der Waals surface area (Å²) in [6.45, 7) is 1.13. The largest absolute Gasteiger partial charge is 0.508 e. The van der Waals surface area contributed by atoms with Crippen molar-refractivity contribution in [3.63, 3.8) is 0 Å². The highest BCUT2D eigenvalue weighted by molar-refractivity contribution is 5.64. The number of methoxy groups -OCH3 is 1. The zero-order chi connectivity index (χ0) is 14.9. The number of hydrogen-bond acceptors (Lipinski definition) is 7. The van der Waals surface area contributed by atoms with Crippen LogP contribution in [0.3, 0.4) is 0 Å². The molecular weight excluding hydrogens is 276 g/mol. The van der Waals surface area contributed by atoms with Crippen LogP contribution in [0.15, 0.2) is 22.7 Å². The first-order valence-electron chi connectivity index (χ1n) is 6.64. The molecule has 2 aromatic rings. The van der Waals surface area contributed by atoms with E-state index in [0.29, 0.717) is 31.9 Å². The van der Waals surface area contributed by atoms with Gasteiger partial charge in [-0.15, -0.1) is 0 Å². The SMILES string of the molecule is COC1(c2noc(-c3cc(O)ccc3O)n2)CCOCC1. The molecule has 0 bridgehead atoms. The van der Waals surface area contributed by atoms with Gasteiger partial charge in [0.25, 0.3) is 5.89 Å². The van der Waals surface area contributed by atoms with Crippen LogP contribution in [0.2, 0.25) is 0 Å². The predicted octanol–water partition coefficient (Wildman–Crippen LogP) is 1.80. The minimum atomic E-state index is -0.632. The topological polar surface area (TPSA) is 97.8 Å². The van der Waals surface area contributed by atoms with E-state index in [9.17, 15) is 10.2 Å². The molecule has 7 heteroatoms. The van der Waals surface area contributed by atoms with Crippen molar-refractivity contribution in [3.05, 3.63) is 24.0 Å². The molecular formula is C14H16N2O5. The average Bonchev–Trinajstić information content (AvgIpc) is 3.00. The highest BCUT2D eigenvalue weighted by Crippen LogP contribution is 2.36. The molecule has 1 aromatic carbocycles. The summed E-state index contributed by atoms with van der Waals surface area (Å²) >= 11 is 0. The molecule has 2 N–H and O–H groups in total. The highest BCUT2D eigenvalue weighted by Gasteiger charge is 2.39. The van der Waals surface area contributed by atoms with E-state index in [1.807, 2.05) is 0 Å². The van der Waals surface area contributed by atoms with Crippen molar-refractivity contribution < 1.29 is 24.2 Å². The van der Waals surface area contributed by atoms with Gasteiger partial charge >= 0.3 is 0 Å². The van der Waals surface area contributed by atoms with Crippen LogP contribution in [0.5, 0.6) is 11.5 Å². The highest BCUT2D eigenvalue weighted by atomic mass is 16.5. The van der Waals surface area contributed by atoms with Crippen molar-refractivity contribution >= 4 is 0 Å². The summed E-state index contributed by atoms with van der Waals surface area (Å²) in [5.41, 5.74) is -0.348. The van der Waals surface area contributed by atoms with Gasteiger partial charge in [0.1, 0.15) is 17.1 Å². The molecule has 0 saturated carbocycles. The van der Waals surface area contributed by atoms with Gasteiger partial charge in [0.05, 0.1) is 5.56 Å². The van der Waals surface area contributed by atoms with Gasteiger partial charge in [0, 0.05) is 33.2 Å². The van der Waals surface area contributed by atoms with Crippen LogP contribution in [-0.4, -0.2) is 40.7 Å². The van der Waals surface area contributed by atoms with Gasteiger partial charge in [-0.05, 0) is 18.2 Å². The van der Waals surface area contributed by atoms with Crippen molar-refractivity contribution in [1.29, 1.82) is 0 Å². The average molecular weight is 292 g/mol. The first kappa shape index (κ1) is 13.8. The van der Waals surface area contributed by atoms with Crippen LogP contribution >= 0.6 is 0 Å². The number of phenols is 2. The third-order valence-corrected chi connectivity index (χ3v) is 3.74. The Morgan fingerprint density at radius 1 is 1.24 bits per heavy atom. The molecule has 1 saturated heterocycles. The van der Waals surface area contributed by atoms with Crippen LogP contribution in [0.4, 0.5) is 0 Å². The van der Waals surface area contributed by atoms with Gasteiger partial charge in [0.15, 0.2) is 0 Å². The molecule has 0 aliphatic carbocycles. The molecule has 2 heterocycles. The second-order valence-corrected chi connectivity index (χ2v) is 4.94. The molecule has 1 aliphatic rings. The maximum absolute atomic E-state index is 9.84. The third-order valence-electron chi connectivity index (χ3n) is 3.74. The number of phenolic OH excluding ortho intramolecular Hbond substituents is 2. The third kappa shape index (κ3) is 2.45. The van der Waals surface area contributed by atoms with E-state index < -0.39 is 5.60 Å². The fourth-order valence-corrected chi connectivity index (χ4v) is 2.43. The Labute approximate surface area is 121 Å². The van der Waals surface area contributed by atoms with Gasteiger partial charge in [0.2, 0.25) is 5.82 Å². The maximum Gasteiger partial charge on any atom is 0.261 e. The molecule has 1 aromatic heterocycles. The zero-order valence-corrected chi connectivity index (χ0v) is 11.6. The van der Waals surface area contributed by atoms with Crippen LogP contribution in [0.25, 0.3) is 11.5 Å². The smallest absolute Gasteiger partial charge is 0.261 e. The lowest BCUT2D eigenvalue weighted by atomic mass is 9.93. The Balaban J connectivity index is 1.97. The van der Waals surface area contributed by atoms with Gasteiger partial charge in [-0.1, -0.05) is 5.16 Å². The zero-order valence-electron chi connectivity index (χ0n) is 11.6. The molecule has 7 nitrogen and oxygen atoms in total.